The zero-order valence-electron chi connectivity index (χ0n) is 8.49. The fourth-order valence-electron chi connectivity index (χ4n) is 1.03. The van der Waals surface area contributed by atoms with Crippen molar-refractivity contribution < 1.29 is 14.3 Å². The minimum absolute atomic E-state index is 0.0331. The van der Waals surface area contributed by atoms with Gasteiger partial charge in [0.25, 0.3) is 0 Å². The number of hydrogen-bond donors (Lipinski definition) is 0. The van der Waals surface area contributed by atoms with E-state index in [1.165, 1.54) is 13.2 Å². The molecule has 1 aromatic carbocycles. The number of hydrogen-bond acceptors (Lipinski definition) is 3. The number of ether oxygens (including phenoxy) is 2. The van der Waals surface area contributed by atoms with E-state index in [4.69, 9.17) is 16.3 Å². The summed E-state index contributed by atoms with van der Waals surface area (Å²) in [5.41, 5.74) is 0.782. The third-order valence-electron chi connectivity index (χ3n) is 1.77. The highest BCUT2D eigenvalue weighted by Crippen LogP contribution is 2.17. The van der Waals surface area contributed by atoms with Crippen molar-refractivity contribution in [1.29, 1.82) is 0 Å². The molecule has 0 bridgehead atoms. The van der Waals surface area contributed by atoms with Gasteiger partial charge in [-0.05, 0) is 23.8 Å². The van der Waals surface area contributed by atoms with Crippen LogP contribution in [0.25, 0.3) is 6.08 Å². The molecular formula is C11H11ClO3. The van der Waals surface area contributed by atoms with Crippen LogP contribution in [-0.2, 0) is 9.53 Å². The molecule has 4 heteroatoms. The Morgan fingerprint density at radius 1 is 1.40 bits per heavy atom. The van der Waals surface area contributed by atoms with Crippen molar-refractivity contribution in [3.05, 3.63) is 34.9 Å². The summed E-state index contributed by atoms with van der Waals surface area (Å²) in [5, 5.41) is 0.0331. The van der Waals surface area contributed by atoms with Gasteiger partial charge in [-0.3, -0.25) is 0 Å². The van der Waals surface area contributed by atoms with E-state index in [1.807, 2.05) is 18.2 Å². The molecule has 0 aromatic heterocycles. The van der Waals surface area contributed by atoms with Crippen LogP contribution in [0, 0.1) is 0 Å². The van der Waals surface area contributed by atoms with Gasteiger partial charge in [0, 0.05) is 0 Å². The molecule has 3 nitrogen and oxygen atoms in total. The van der Waals surface area contributed by atoms with Gasteiger partial charge in [-0.15, -0.1) is 0 Å². The number of benzene rings is 1. The van der Waals surface area contributed by atoms with Crippen molar-refractivity contribution in [1.82, 2.24) is 0 Å². The average molecular weight is 227 g/mol. The highest BCUT2D eigenvalue weighted by Gasteiger charge is 2.05. The molecule has 0 atom stereocenters. The van der Waals surface area contributed by atoms with E-state index in [0.29, 0.717) is 5.75 Å². The molecule has 0 aliphatic rings. The van der Waals surface area contributed by atoms with Crippen molar-refractivity contribution in [2.45, 2.75) is 0 Å². The van der Waals surface area contributed by atoms with E-state index in [1.54, 1.807) is 13.2 Å². The summed E-state index contributed by atoms with van der Waals surface area (Å²) in [7, 11) is 2.86. The maximum absolute atomic E-state index is 11.0. The first kappa shape index (κ1) is 11.6. The molecule has 0 saturated heterocycles. The van der Waals surface area contributed by atoms with Crippen LogP contribution in [0.3, 0.4) is 0 Å². The molecule has 0 saturated carbocycles. The van der Waals surface area contributed by atoms with Crippen LogP contribution in [0.1, 0.15) is 5.56 Å². The van der Waals surface area contributed by atoms with Crippen molar-refractivity contribution in [2.24, 2.45) is 0 Å². The van der Waals surface area contributed by atoms with Crippen LogP contribution in [0.15, 0.2) is 29.3 Å². The Labute approximate surface area is 93.3 Å². The monoisotopic (exact) mass is 226 g/mol. The molecule has 0 aliphatic carbocycles. The minimum Gasteiger partial charge on any atom is -0.497 e. The Hall–Kier alpha value is -1.48. The first-order chi connectivity index (χ1) is 7.17. The number of rotatable bonds is 3. The number of carbonyl (C=O) groups excluding carboxylic acids is 1. The summed E-state index contributed by atoms with van der Waals surface area (Å²) in [5.74, 6) is 0.151. The van der Waals surface area contributed by atoms with Gasteiger partial charge in [-0.25, -0.2) is 4.79 Å². The maximum atomic E-state index is 11.0. The molecule has 0 amide bonds. The van der Waals surface area contributed by atoms with Crippen molar-refractivity contribution in [3.8, 4) is 5.75 Å². The van der Waals surface area contributed by atoms with E-state index < -0.39 is 5.97 Å². The zero-order chi connectivity index (χ0) is 11.3. The van der Waals surface area contributed by atoms with Gasteiger partial charge in [0.05, 0.1) is 14.2 Å². The van der Waals surface area contributed by atoms with Crippen LogP contribution in [-0.4, -0.2) is 20.2 Å². The second kappa shape index (κ2) is 5.41. The van der Waals surface area contributed by atoms with Crippen LogP contribution in [0.5, 0.6) is 5.75 Å². The summed E-state index contributed by atoms with van der Waals surface area (Å²) < 4.78 is 9.51. The molecule has 1 rings (SSSR count). The van der Waals surface area contributed by atoms with Crippen LogP contribution in [0.4, 0.5) is 0 Å². The Balaban J connectivity index is 2.92. The summed E-state index contributed by atoms with van der Waals surface area (Å²) in [6, 6.07) is 7.20. The molecule has 0 radical (unpaired) electrons. The Morgan fingerprint density at radius 3 is 2.73 bits per heavy atom. The topological polar surface area (TPSA) is 35.5 Å². The molecule has 0 spiro atoms. The Morgan fingerprint density at radius 2 is 2.13 bits per heavy atom. The Bertz CT molecular complexity index is 385. The predicted octanol–water partition coefficient (Wildman–Crippen LogP) is 2.45. The quantitative estimate of drug-likeness (QED) is 0.587. The summed E-state index contributed by atoms with van der Waals surface area (Å²) >= 11 is 5.71. The molecule has 0 fully saturated rings. The maximum Gasteiger partial charge on any atom is 0.349 e. The molecule has 0 aliphatic heterocycles. The fourth-order valence-corrected chi connectivity index (χ4v) is 1.24. The van der Waals surface area contributed by atoms with Crippen LogP contribution >= 0.6 is 11.6 Å². The van der Waals surface area contributed by atoms with Crippen molar-refractivity contribution in [3.63, 3.8) is 0 Å². The molecule has 0 heterocycles. The molecule has 80 valence electrons. The molecule has 1 aromatic rings. The van der Waals surface area contributed by atoms with E-state index in [0.717, 1.165) is 5.56 Å². The lowest BCUT2D eigenvalue weighted by Gasteiger charge is -2.01. The summed E-state index contributed by atoms with van der Waals surface area (Å²) in [6.45, 7) is 0. The summed E-state index contributed by atoms with van der Waals surface area (Å²) in [4.78, 5) is 11.0. The van der Waals surface area contributed by atoms with E-state index in [9.17, 15) is 4.79 Å². The minimum atomic E-state index is -0.556. The smallest absolute Gasteiger partial charge is 0.349 e. The second-order valence-electron chi connectivity index (χ2n) is 2.76. The van der Waals surface area contributed by atoms with Gasteiger partial charge in [0.2, 0.25) is 0 Å². The number of halogens is 1. The molecule has 0 unspecified atom stereocenters. The van der Waals surface area contributed by atoms with E-state index in [2.05, 4.69) is 4.74 Å². The van der Waals surface area contributed by atoms with Crippen molar-refractivity contribution in [2.75, 3.05) is 14.2 Å². The second-order valence-corrected chi connectivity index (χ2v) is 3.17. The molecule has 15 heavy (non-hydrogen) atoms. The highest BCUT2D eigenvalue weighted by molar-refractivity contribution is 6.43. The van der Waals surface area contributed by atoms with E-state index >= 15 is 0 Å². The van der Waals surface area contributed by atoms with Crippen LogP contribution < -0.4 is 4.74 Å². The van der Waals surface area contributed by atoms with Crippen molar-refractivity contribution >= 4 is 23.6 Å². The fraction of sp³-hybridized carbons (Fsp3) is 0.182. The predicted molar refractivity (Wildman–Crippen MR) is 58.8 cm³/mol. The average Bonchev–Trinajstić information content (AvgIpc) is 2.28. The lowest BCUT2D eigenvalue weighted by molar-refractivity contribution is -0.135. The molecular weight excluding hydrogens is 216 g/mol. The largest absolute Gasteiger partial charge is 0.497 e. The lowest BCUT2D eigenvalue weighted by atomic mass is 10.2. The number of esters is 1. The zero-order valence-corrected chi connectivity index (χ0v) is 9.25. The number of carbonyl (C=O) groups is 1. The number of methoxy groups -OCH3 is 2. The third-order valence-corrected chi connectivity index (χ3v) is 2.03. The lowest BCUT2D eigenvalue weighted by Crippen LogP contribution is -1.99. The van der Waals surface area contributed by atoms with Gasteiger partial charge in [-0.2, -0.15) is 0 Å². The van der Waals surface area contributed by atoms with Gasteiger partial charge in [0.1, 0.15) is 10.8 Å². The highest BCUT2D eigenvalue weighted by atomic mass is 35.5. The van der Waals surface area contributed by atoms with Crippen LogP contribution in [0.2, 0.25) is 0 Å². The SMILES string of the molecule is COC(=O)/C(Cl)=C/c1cccc(OC)c1. The van der Waals surface area contributed by atoms with Gasteiger partial charge in [-0.1, -0.05) is 23.7 Å². The standard InChI is InChI=1S/C11H11ClO3/c1-14-9-5-3-4-8(6-9)7-10(12)11(13)15-2/h3-7H,1-2H3/b10-7-. The third kappa shape index (κ3) is 3.29. The normalized spacial score (nSPS) is 11.0. The molecule has 0 N–H and O–H groups in total. The first-order valence-corrected chi connectivity index (χ1v) is 4.64. The van der Waals surface area contributed by atoms with Gasteiger partial charge < -0.3 is 9.47 Å². The van der Waals surface area contributed by atoms with E-state index in [-0.39, 0.29) is 5.03 Å². The van der Waals surface area contributed by atoms with Gasteiger partial charge >= 0.3 is 5.97 Å². The Kier molecular flexibility index (Phi) is 4.18. The summed E-state index contributed by atoms with van der Waals surface area (Å²) in [6.07, 6.45) is 1.52. The van der Waals surface area contributed by atoms with Gasteiger partial charge in [0.15, 0.2) is 0 Å². The first-order valence-electron chi connectivity index (χ1n) is 4.27.